The normalized spacial score (nSPS) is 32.6. The molecule has 3 heterocycles. The van der Waals surface area contributed by atoms with Crippen LogP contribution in [-0.2, 0) is 0 Å². The van der Waals surface area contributed by atoms with Gasteiger partial charge in [-0.1, -0.05) is 6.07 Å². The number of aliphatic hydroxyl groups excluding tert-OH is 2. The summed E-state index contributed by atoms with van der Waals surface area (Å²) in [7, 11) is 0. The van der Waals surface area contributed by atoms with E-state index in [0.717, 1.165) is 37.1 Å². The van der Waals surface area contributed by atoms with Gasteiger partial charge in [-0.05, 0) is 44.2 Å². The molecule has 0 saturated carbocycles. The number of aliphatic hydroxyl groups is 2. The predicted octanol–water partition coefficient (Wildman–Crippen LogP) is 1.63. The second-order valence-corrected chi connectivity index (χ2v) is 5.54. The van der Waals surface area contributed by atoms with Crippen LogP contribution in [0.3, 0.4) is 0 Å². The van der Waals surface area contributed by atoms with Crippen LogP contribution in [0.25, 0.3) is 0 Å². The Bertz CT molecular complexity index is 404. The Morgan fingerprint density at radius 3 is 2.44 bits per heavy atom. The summed E-state index contributed by atoms with van der Waals surface area (Å²) in [6, 6.07) is 4.80. The molecular weight excluding hydrogens is 228 g/mol. The highest BCUT2D eigenvalue weighted by molar-refractivity contribution is 5.44. The quantitative estimate of drug-likeness (QED) is 0.835. The van der Waals surface area contributed by atoms with E-state index < -0.39 is 6.10 Å². The van der Waals surface area contributed by atoms with E-state index >= 15 is 0 Å². The van der Waals surface area contributed by atoms with Crippen LogP contribution in [0, 0.1) is 0 Å². The van der Waals surface area contributed by atoms with Crippen molar-refractivity contribution >= 4 is 5.82 Å². The van der Waals surface area contributed by atoms with Crippen molar-refractivity contribution in [1.29, 1.82) is 0 Å². The fourth-order valence-electron chi connectivity index (χ4n) is 3.32. The van der Waals surface area contributed by atoms with Gasteiger partial charge in [0.25, 0.3) is 0 Å². The van der Waals surface area contributed by atoms with Crippen LogP contribution in [0.1, 0.15) is 44.3 Å². The zero-order valence-corrected chi connectivity index (χ0v) is 10.7. The van der Waals surface area contributed by atoms with Crippen LogP contribution >= 0.6 is 0 Å². The topological polar surface area (TPSA) is 56.6 Å². The Labute approximate surface area is 107 Å². The van der Waals surface area contributed by atoms with E-state index in [4.69, 9.17) is 0 Å². The first-order valence-corrected chi connectivity index (χ1v) is 6.75. The highest BCUT2D eigenvalue weighted by atomic mass is 16.3. The highest BCUT2D eigenvalue weighted by Crippen LogP contribution is 2.38. The first-order valence-electron chi connectivity index (χ1n) is 6.75. The van der Waals surface area contributed by atoms with Gasteiger partial charge in [0.15, 0.2) is 0 Å². The Balaban J connectivity index is 1.83. The van der Waals surface area contributed by atoms with Crippen LogP contribution in [-0.4, -0.2) is 33.4 Å². The van der Waals surface area contributed by atoms with Crippen molar-refractivity contribution in [2.45, 2.75) is 56.9 Å². The number of piperidine rings is 1. The number of hydrogen-bond donors (Lipinski definition) is 2. The molecule has 0 aromatic carbocycles. The number of hydrogen-bond acceptors (Lipinski definition) is 4. The van der Waals surface area contributed by atoms with Gasteiger partial charge in [0, 0.05) is 18.3 Å². The van der Waals surface area contributed by atoms with E-state index in [2.05, 4.69) is 9.88 Å². The van der Waals surface area contributed by atoms with E-state index in [9.17, 15) is 10.2 Å². The van der Waals surface area contributed by atoms with E-state index in [1.54, 1.807) is 13.1 Å². The highest BCUT2D eigenvalue weighted by Gasteiger charge is 2.40. The summed E-state index contributed by atoms with van der Waals surface area (Å²) in [5, 5.41) is 19.3. The van der Waals surface area contributed by atoms with Crippen molar-refractivity contribution in [3.63, 3.8) is 0 Å². The zero-order valence-electron chi connectivity index (χ0n) is 10.7. The Kier molecular flexibility index (Phi) is 2.99. The third-order valence-electron chi connectivity index (χ3n) is 4.23. The van der Waals surface area contributed by atoms with Crippen molar-refractivity contribution < 1.29 is 10.2 Å². The van der Waals surface area contributed by atoms with Gasteiger partial charge in [-0.15, -0.1) is 0 Å². The molecular formula is C14H20N2O2. The second-order valence-electron chi connectivity index (χ2n) is 5.54. The molecule has 2 unspecified atom stereocenters. The summed E-state index contributed by atoms with van der Waals surface area (Å²) in [4.78, 5) is 6.83. The lowest BCUT2D eigenvalue weighted by molar-refractivity contribution is 0.126. The fraction of sp³-hybridized carbons (Fsp3) is 0.643. The maximum absolute atomic E-state index is 9.79. The molecule has 2 N–H and O–H groups in total. The molecule has 18 heavy (non-hydrogen) atoms. The van der Waals surface area contributed by atoms with Gasteiger partial charge in [0.2, 0.25) is 0 Å². The monoisotopic (exact) mass is 248 g/mol. The molecule has 3 atom stereocenters. The van der Waals surface area contributed by atoms with Gasteiger partial charge in [0.1, 0.15) is 5.82 Å². The van der Waals surface area contributed by atoms with Crippen LogP contribution in [0.15, 0.2) is 18.3 Å². The lowest BCUT2D eigenvalue weighted by Crippen LogP contribution is -2.45. The molecule has 4 heteroatoms. The molecule has 3 rings (SSSR count). The van der Waals surface area contributed by atoms with Gasteiger partial charge in [-0.3, -0.25) is 0 Å². The number of nitrogens with zero attached hydrogens (tertiary/aromatic N) is 2. The zero-order chi connectivity index (χ0) is 12.7. The van der Waals surface area contributed by atoms with Crippen molar-refractivity contribution in [2.75, 3.05) is 4.90 Å². The Morgan fingerprint density at radius 2 is 1.94 bits per heavy atom. The average Bonchev–Trinajstić information content (AvgIpc) is 2.62. The number of rotatable bonds is 2. The molecule has 4 nitrogen and oxygen atoms in total. The summed E-state index contributed by atoms with van der Waals surface area (Å²) in [5.41, 5.74) is 0.850. The smallest absolute Gasteiger partial charge is 0.128 e. The maximum Gasteiger partial charge on any atom is 0.128 e. The summed E-state index contributed by atoms with van der Waals surface area (Å²) in [6.45, 7) is 1.75. The molecule has 1 aromatic rings. The molecule has 98 valence electrons. The molecule has 0 aliphatic carbocycles. The molecule has 0 amide bonds. The predicted molar refractivity (Wildman–Crippen MR) is 69.4 cm³/mol. The number of aromatic nitrogens is 1. The largest absolute Gasteiger partial charge is 0.393 e. The molecule has 1 aromatic heterocycles. The van der Waals surface area contributed by atoms with Crippen LogP contribution in [0.2, 0.25) is 0 Å². The summed E-state index contributed by atoms with van der Waals surface area (Å²) in [6.07, 6.45) is 5.17. The Hall–Kier alpha value is -1.13. The van der Waals surface area contributed by atoms with Gasteiger partial charge in [0.05, 0.1) is 12.2 Å². The van der Waals surface area contributed by atoms with E-state index in [0.29, 0.717) is 12.1 Å². The molecule has 2 saturated heterocycles. The average molecular weight is 248 g/mol. The molecule has 0 spiro atoms. The van der Waals surface area contributed by atoms with Crippen molar-refractivity contribution in [3.05, 3.63) is 23.9 Å². The van der Waals surface area contributed by atoms with Crippen LogP contribution < -0.4 is 4.90 Å². The van der Waals surface area contributed by atoms with E-state index in [1.165, 1.54) is 0 Å². The van der Waals surface area contributed by atoms with E-state index in [1.807, 2.05) is 12.1 Å². The SMILES string of the molecule is C[C@@H](O)c1ccc(N2C3CCC2CC(O)C3)nc1. The van der Waals surface area contributed by atoms with Gasteiger partial charge in [-0.2, -0.15) is 0 Å². The number of fused-ring (bicyclic) bond motifs is 2. The minimum Gasteiger partial charge on any atom is -0.393 e. The van der Waals surface area contributed by atoms with Crippen molar-refractivity contribution in [1.82, 2.24) is 4.98 Å². The molecule has 0 radical (unpaired) electrons. The number of pyridine rings is 1. The molecule has 2 aliphatic rings. The van der Waals surface area contributed by atoms with E-state index in [-0.39, 0.29) is 6.10 Å². The third kappa shape index (κ3) is 1.99. The van der Waals surface area contributed by atoms with Crippen LogP contribution in [0.5, 0.6) is 0 Å². The summed E-state index contributed by atoms with van der Waals surface area (Å²) < 4.78 is 0. The number of anilines is 1. The fourth-order valence-corrected chi connectivity index (χ4v) is 3.32. The minimum atomic E-state index is -0.466. The summed E-state index contributed by atoms with van der Waals surface area (Å²) >= 11 is 0. The minimum absolute atomic E-state index is 0.143. The lowest BCUT2D eigenvalue weighted by Gasteiger charge is -2.38. The summed E-state index contributed by atoms with van der Waals surface area (Å²) in [5.74, 6) is 0.985. The lowest BCUT2D eigenvalue weighted by atomic mass is 10.00. The molecule has 2 fully saturated rings. The van der Waals surface area contributed by atoms with Gasteiger partial charge >= 0.3 is 0 Å². The second kappa shape index (κ2) is 4.52. The maximum atomic E-state index is 9.79. The van der Waals surface area contributed by atoms with Crippen LogP contribution in [0.4, 0.5) is 5.82 Å². The standard InChI is InChI=1S/C14H20N2O2/c1-9(17)10-2-5-14(15-8-10)16-11-3-4-12(16)7-13(18)6-11/h2,5,8-9,11-13,17-18H,3-4,6-7H2,1H3/t9-,11?,12?,13?/m1/s1. The van der Waals surface area contributed by atoms with Gasteiger partial charge in [-0.25, -0.2) is 4.98 Å². The first-order chi connectivity index (χ1) is 8.65. The third-order valence-corrected chi connectivity index (χ3v) is 4.23. The molecule has 2 aliphatic heterocycles. The Morgan fingerprint density at radius 1 is 1.28 bits per heavy atom. The van der Waals surface area contributed by atoms with Gasteiger partial charge < -0.3 is 15.1 Å². The first kappa shape index (κ1) is 11.9. The van der Waals surface area contributed by atoms with Crippen molar-refractivity contribution in [3.8, 4) is 0 Å². The molecule has 2 bridgehead atoms. The van der Waals surface area contributed by atoms with Crippen molar-refractivity contribution in [2.24, 2.45) is 0 Å².